The van der Waals surface area contributed by atoms with Gasteiger partial charge in [-0.05, 0) is 49.8 Å². The molecule has 1 unspecified atom stereocenters. The molecule has 25 heavy (non-hydrogen) atoms. The number of hydrogen-bond donors (Lipinski definition) is 0. The maximum atomic E-state index is 11.5. The molecule has 0 N–H and O–H groups in total. The van der Waals surface area contributed by atoms with Crippen LogP contribution >= 0.6 is 11.6 Å². The Morgan fingerprint density at radius 1 is 1.28 bits per heavy atom. The fraction of sp³-hybridized carbons (Fsp3) is 0.579. The van der Waals surface area contributed by atoms with Gasteiger partial charge >= 0.3 is 5.69 Å². The molecule has 0 saturated heterocycles. The summed E-state index contributed by atoms with van der Waals surface area (Å²) in [7, 11) is 0. The van der Waals surface area contributed by atoms with Crippen LogP contribution in [0.2, 0.25) is 5.02 Å². The van der Waals surface area contributed by atoms with Gasteiger partial charge in [-0.2, -0.15) is 0 Å². The Labute approximate surface area is 153 Å². The monoisotopic (exact) mass is 364 g/mol. The summed E-state index contributed by atoms with van der Waals surface area (Å²) in [6.45, 7) is 6.15. The minimum atomic E-state index is -0.546. The number of benzene rings is 1. The third-order valence-corrected chi connectivity index (χ3v) is 5.29. The van der Waals surface area contributed by atoms with Gasteiger partial charge in [0.25, 0.3) is 0 Å². The minimum Gasteiger partial charge on any atom is -0.461 e. The molecule has 3 rings (SSSR count). The van der Waals surface area contributed by atoms with Gasteiger partial charge in [0, 0.05) is 36.2 Å². The van der Waals surface area contributed by atoms with Crippen molar-refractivity contribution in [2.75, 3.05) is 13.1 Å². The molecule has 1 fully saturated rings. The van der Waals surface area contributed by atoms with Crippen LogP contribution in [0.3, 0.4) is 0 Å². The van der Waals surface area contributed by atoms with Crippen molar-refractivity contribution in [3.8, 4) is 5.75 Å². The molecule has 1 aliphatic carbocycles. The fourth-order valence-electron chi connectivity index (χ4n) is 4.09. The van der Waals surface area contributed by atoms with Gasteiger partial charge in [0.2, 0.25) is 5.75 Å². The molecule has 6 heteroatoms. The molecular weight excluding hydrogens is 340 g/mol. The van der Waals surface area contributed by atoms with Gasteiger partial charge in [0.15, 0.2) is 5.72 Å². The fourth-order valence-corrected chi connectivity index (χ4v) is 4.31. The number of nitrogens with zero attached hydrogens (tertiary/aromatic N) is 2. The second-order valence-electron chi connectivity index (χ2n) is 6.85. The lowest BCUT2D eigenvalue weighted by molar-refractivity contribution is -0.386. The topological polar surface area (TPSA) is 55.6 Å². The highest BCUT2D eigenvalue weighted by atomic mass is 35.5. The van der Waals surface area contributed by atoms with E-state index in [-0.39, 0.29) is 5.69 Å². The van der Waals surface area contributed by atoms with E-state index in [4.69, 9.17) is 16.3 Å². The Morgan fingerprint density at radius 3 is 2.64 bits per heavy atom. The first-order chi connectivity index (χ1) is 12.0. The highest BCUT2D eigenvalue weighted by Crippen LogP contribution is 2.49. The first-order valence-electron chi connectivity index (χ1n) is 9.15. The third kappa shape index (κ3) is 3.27. The van der Waals surface area contributed by atoms with Crippen molar-refractivity contribution in [3.05, 3.63) is 38.4 Å². The average molecular weight is 365 g/mol. The SMILES string of the molecule is CCCN(CCC)C12CCCCC1=Cc1cc(Cl)cc([N+](=O)[O-])c1O2. The molecule has 1 aliphatic heterocycles. The van der Waals surface area contributed by atoms with Crippen LogP contribution in [-0.4, -0.2) is 28.6 Å². The van der Waals surface area contributed by atoms with Crippen molar-refractivity contribution in [2.24, 2.45) is 0 Å². The van der Waals surface area contributed by atoms with Gasteiger partial charge in [0.05, 0.1) is 4.92 Å². The van der Waals surface area contributed by atoms with E-state index in [1.165, 1.54) is 11.6 Å². The second kappa shape index (κ2) is 7.34. The van der Waals surface area contributed by atoms with Gasteiger partial charge < -0.3 is 4.74 Å². The van der Waals surface area contributed by atoms with Crippen molar-refractivity contribution in [3.63, 3.8) is 0 Å². The zero-order valence-electron chi connectivity index (χ0n) is 14.9. The van der Waals surface area contributed by atoms with Crippen LogP contribution in [0.15, 0.2) is 17.7 Å². The van der Waals surface area contributed by atoms with E-state index in [1.54, 1.807) is 6.07 Å². The molecule has 1 aromatic rings. The van der Waals surface area contributed by atoms with Crippen LogP contribution in [0.4, 0.5) is 5.69 Å². The summed E-state index contributed by atoms with van der Waals surface area (Å²) >= 11 is 6.10. The van der Waals surface area contributed by atoms with E-state index in [0.717, 1.165) is 57.2 Å². The largest absolute Gasteiger partial charge is 0.461 e. The van der Waals surface area contributed by atoms with Gasteiger partial charge in [-0.25, -0.2) is 0 Å². The molecule has 1 saturated carbocycles. The predicted molar refractivity (Wildman–Crippen MR) is 100 cm³/mol. The summed E-state index contributed by atoms with van der Waals surface area (Å²) in [5.41, 5.74) is 1.36. The molecule has 136 valence electrons. The Kier molecular flexibility index (Phi) is 5.35. The molecule has 0 radical (unpaired) electrons. The van der Waals surface area contributed by atoms with Crippen molar-refractivity contribution in [1.29, 1.82) is 0 Å². The van der Waals surface area contributed by atoms with E-state index in [1.807, 2.05) is 0 Å². The lowest BCUT2D eigenvalue weighted by atomic mass is 9.81. The number of halogens is 1. The molecule has 1 atom stereocenters. The predicted octanol–water partition coefficient (Wildman–Crippen LogP) is 5.42. The summed E-state index contributed by atoms with van der Waals surface area (Å²) in [4.78, 5) is 13.5. The van der Waals surface area contributed by atoms with Crippen LogP contribution in [0.25, 0.3) is 6.08 Å². The number of rotatable bonds is 6. The number of nitro benzene ring substituents is 1. The lowest BCUT2D eigenvalue weighted by Crippen LogP contribution is -2.57. The lowest BCUT2D eigenvalue weighted by Gasteiger charge is -2.49. The van der Waals surface area contributed by atoms with E-state index in [2.05, 4.69) is 24.8 Å². The molecule has 2 aliphatic rings. The van der Waals surface area contributed by atoms with Crippen molar-refractivity contribution in [1.82, 2.24) is 4.90 Å². The Hall–Kier alpha value is -1.59. The van der Waals surface area contributed by atoms with Gasteiger partial charge in [0.1, 0.15) is 0 Å². The maximum absolute atomic E-state index is 11.5. The molecule has 0 aromatic heterocycles. The summed E-state index contributed by atoms with van der Waals surface area (Å²) < 4.78 is 6.50. The summed E-state index contributed by atoms with van der Waals surface area (Å²) in [5, 5.41) is 11.9. The van der Waals surface area contributed by atoms with E-state index >= 15 is 0 Å². The second-order valence-corrected chi connectivity index (χ2v) is 7.29. The molecule has 1 heterocycles. The van der Waals surface area contributed by atoms with Crippen molar-refractivity contribution in [2.45, 2.75) is 58.1 Å². The zero-order chi connectivity index (χ0) is 18.0. The smallest absolute Gasteiger partial charge is 0.313 e. The highest BCUT2D eigenvalue weighted by molar-refractivity contribution is 6.31. The minimum absolute atomic E-state index is 0.0457. The first kappa shape index (κ1) is 18.2. The Morgan fingerprint density at radius 2 is 2.00 bits per heavy atom. The molecule has 0 amide bonds. The molecule has 5 nitrogen and oxygen atoms in total. The quantitative estimate of drug-likeness (QED) is 0.499. The summed E-state index contributed by atoms with van der Waals surface area (Å²) in [6.07, 6.45) is 8.15. The van der Waals surface area contributed by atoms with E-state index in [9.17, 15) is 10.1 Å². The highest BCUT2D eigenvalue weighted by Gasteiger charge is 2.47. The molecular formula is C19H25ClN2O3. The van der Waals surface area contributed by atoms with Crippen molar-refractivity contribution < 1.29 is 9.66 Å². The van der Waals surface area contributed by atoms with Crippen molar-refractivity contribution >= 4 is 23.4 Å². The standard InChI is InChI=1S/C19H25ClN2O3/c1-3-9-21(10-4-2)19-8-6-5-7-15(19)11-14-12-16(20)13-17(22(23)24)18(14)25-19/h11-13H,3-10H2,1-2H3. The van der Waals surface area contributed by atoms with Gasteiger partial charge in [-0.3, -0.25) is 15.0 Å². The third-order valence-electron chi connectivity index (χ3n) is 5.07. The molecule has 1 aromatic carbocycles. The first-order valence-corrected chi connectivity index (χ1v) is 9.52. The van der Waals surface area contributed by atoms with E-state index in [0.29, 0.717) is 10.8 Å². The average Bonchev–Trinajstić information content (AvgIpc) is 2.59. The van der Waals surface area contributed by atoms with Gasteiger partial charge in [-0.15, -0.1) is 0 Å². The van der Waals surface area contributed by atoms with Crippen LogP contribution in [0.5, 0.6) is 5.75 Å². The summed E-state index contributed by atoms with van der Waals surface area (Å²) in [6, 6.07) is 3.15. The number of nitro groups is 1. The molecule has 0 spiro atoms. The number of fused-ring (bicyclic) bond motifs is 2. The van der Waals surface area contributed by atoms with E-state index < -0.39 is 10.6 Å². The molecule has 0 bridgehead atoms. The van der Waals surface area contributed by atoms with Crippen LogP contribution in [0.1, 0.15) is 57.9 Å². The normalized spacial score (nSPS) is 22.0. The number of ether oxygens (including phenoxy) is 1. The maximum Gasteiger partial charge on any atom is 0.313 e. The Bertz CT molecular complexity index is 698. The van der Waals surface area contributed by atoms with Gasteiger partial charge in [-0.1, -0.05) is 25.4 Å². The van der Waals surface area contributed by atoms with Crippen LogP contribution in [0, 0.1) is 10.1 Å². The van der Waals surface area contributed by atoms with Crippen LogP contribution < -0.4 is 4.74 Å². The Balaban J connectivity index is 2.14. The number of hydrogen-bond acceptors (Lipinski definition) is 4. The summed E-state index contributed by atoms with van der Waals surface area (Å²) in [5.74, 6) is 0.359. The van der Waals surface area contributed by atoms with Crippen LogP contribution in [-0.2, 0) is 0 Å². The zero-order valence-corrected chi connectivity index (χ0v) is 15.6.